The number of hydrogen-bond donors (Lipinski definition) is 1. The first kappa shape index (κ1) is 39.4. The van der Waals surface area contributed by atoms with E-state index >= 15 is 0 Å². The number of allylic oxidation sites excluding steroid dienone is 1. The molecule has 0 aromatic heterocycles. The van der Waals surface area contributed by atoms with Crippen LogP contribution in [-0.4, -0.2) is 38.3 Å². The molecule has 42 heavy (non-hydrogen) atoms. The van der Waals surface area contributed by atoms with E-state index < -0.39 is 7.75 Å². The van der Waals surface area contributed by atoms with Gasteiger partial charge in [0, 0.05) is 20.1 Å². The van der Waals surface area contributed by atoms with Crippen LogP contribution < -0.4 is 5.09 Å². The molecular formula is C36H71N2O3P. The van der Waals surface area contributed by atoms with Crippen molar-refractivity contribution in [2.45, 2.75) is 174 Å². The second-order valence-corrected chi connectivity index (χ2v) is 14.5. The van der Waals surface area contributed by atoms with Crippen LogP contribution in [0.3, 0.4) is 0 Å². The van der Waals surface area contributed by atoms with Crippen LogP contribution in [0.5, 0.6) is 0 Å². The van der Waals surface area contributed by atoms with Crippen molar-refractivity contribution in [3.63, 3.8) is 0 Å². The molecule has 0 aromatic rings. The van der Waals surface area contributed by atoms with Gasteiger partial charge in [0.1, 0.15) is 0 Å². The highest BCUT2D eigenvalue weighted by Gasteiger charge is 2.24. The number of unbranched alkanes of at least 4 members (excludes halogenated alkanes) is 22. The highest BCUT2D eigenvalue weighted by Crippen LogP contribution is 2.44. The summed E-state index contributed by atoms with van der Waals surface area (Å²) < 4.78 is 25.3. The highest BCUT2D eigenvalue weighted by atomic mass is 31.2. The maximum atomic E-state index is 13.5. The zero-order valence-electron chi connectivity index (χ0n) is 28.4. The fraction of sp³-hybridized carbons (Fsp3) is 0.889. The number of hydrogen-bond acceptors (Lipinski definition) is 4. The number of likely N-dealkylation sites (N-methyl/N-ethyl adjacent to an activating group) is 1. The summed E-state index contributed by atoms with van der Waals surface area (Å²) in [4.78, 5) is 2.15. The Hall–Kier alpha value is -0.610. The van der Waals surface area contributed by atoms with Gasteiger partial charge in [-0.1, -0.05) is 161 Å². The average Bonchev–Trinajstić information content (AvgIpc) is 2.99. The van der Waals surface area contributed by atoms with Gasteiger partial charge in [0.05, 0.1) is 13.2 Å². The fourth-order valence-electron chi connectivity index (χ4n) is 5.52. The Morgan fingerprint density at radius 2 is 1.02 bits per heavy atom. The van der Waals surface area contributed by atoms with Crippen molar-refractivity contribution in [1.82, 2.24) is 9.99 Å². The SMILES string of the molecule is CCCCCCCCCCCCCCOP(=O)(NCCC1=CCN(C)C=C1)OCCCCCCCCCCCCCC. The van der Waals surface area contributed by atoms with Crippen LogP contribution in [0.25, 0.3) is 0 Å². The van der Waals surface area contributed by atoms with E-state index in [1.165, 1.54) is 134 Å². The summed E-state index contributed by atoms with van der Waals surface area (Å²) >= 11 is 0. The quantitative estimate of drug-likeness (QED) is 0.0606. The molecule has 5 nitrogen and oxygen atoms in total. The summed E-state index contributed by atoms with van der Waals surface area (Å²) in [5.41, 5.74) is 1.27. The molecule has 0 unspecified atom stereocenters. The van der Waals surface area contributed by atoms with Crippen LogP contribution in [0.15, 0.2) is 23.9 Å². The van der Waals surface area contributed by atoms with E-state index in [0.717, 1.165) is 38.6 Å². The van der Waals surface area contributed by atoms with Crippen molar-refractivity contribution in [2.75, 3.05) is 33.4 Å². The van der Waals surface area contributed by atoms with E-state index in [2.05, 4.69) is 49.2 Å². The minimum absolute atomic E-state index is 0.507. The summed E-state index contributed by atoms with van der Waals surface area (Å²) in [6, 6.07) is 0. The van der Waals surface area contributed by atoms with Gasteiger partial charge in [-0.3, -0.25) is 9.05 Å². The molecule has 1 aliphatic heterocycles. The minimum atomic E-state index is -3.28. The average molecular weight is 611 g/mol. The molecule has 6 heteroatoms. The summed E-state index contributed by atoms with van der Waals surface area (Å²) in [7, 11) is -1.20. The van der Waals surface area contributed by atoms with Gasteiger partial charge in [0.25, 0.3) is 0 Å². The normalized spacial score (nSPS) is 13.7. The second-order valence-electron chi connectivity index (χ2n) is 12.6. The van der Waals surface area contributed by atoms with Crippen LogP contribution in [-0.2, 0) is 13.6 Å². The molecule has 0 aliphatic carbocycles. The monoisotopic (exact) mass is 611 g/mol. The Morgan fingerprint density at radius 3 is 1.38 bits per heavy atom. The van der Waals surface area contributed by atoms with E-state index in [9.17, 15) is 4.57 Å². The standard InChI is InChI=1S/C36H71N2O3P/c1-4-6-8-10-12-14-16-18-20-22-24-26-34-40-42(39,37-31-28-36-29-32-38(3)33-30-36)41-35-27-25-23-21-19-17-15-13-11-9-7-5-2/h29-30,32H,4-28,31,33-35H2,1-3H3,(H,37,39). The van der Waals surface area contributed by atoms with Gasteiger partial charge in [-0.05, 0) is 37.1 Å². The fourth-order valence-corrected chi connectivity index (χ4v) is 6.90. The summed E-state index contributed by atoms with van der Waals surface area (Å²) in [5.74, 6) is 0. The topological polar surface area (TPSA) is 50.8 Å². The third-order valence-corrected chi connectivity index (χ3v) is 10.1. The summed E-state index contributed by atoms with van der Waals surface area (Å²) in [5, 5.41) is 3.16. The molecule has 0 saturated carbocycles. The van der Waals surface area contributed by atoms with Crippen LogP contribution in [0.1, 0.15) is 174 Å². The Balaban J connectivity index is 2.19. The first-order valence-corrected chi connectivity index (χ1v) is 19.9. The zero-order chi connectivity index (χ0) is 30.4. The largest absolute Gasteiger partial charge is 0.405 e. The van der Waals surface area contributed by atoms with Crippen LogP contribution >= 0.6 is 7.75 Å². The lowest BCUT2D eigenvalue weighted by molar-refractivity contribution is 0.189. The van der Waals surface area contributed by atoms with Crippen molar-refractivity contribution in [2.24, 2.45) is 0 Å². The molecule has 1 rings (SSSR count). The predicted octanol–water partition coefficient (Wildman–Crippen LogP) is 11.9. The van der Waals surface area contributed by atoms with Crippen molar-refractivity contribution in [3.8, 4) is 0 Å². The molecule has 1 heterocycles. The first-order chi connectivity index (χ1) is 20.6. The summed E-state index contributed by atoms with van der Waals surface area (Å²) in [6.07, 6.45) is 38.7. The number of nitrogens with zero attached hydrogens (tertiary/aromatic N) is 1. The van der Waals surface area contributed by atoms with Gasteiger partial charge in [0.15, 0.2) is 0 Å². The lowest BCUT2D eigenvalue weighted by atomic mass is 10.1. The Kier molecular flexibility index (Phi) is 27.3. The van der Waals surface area contributed by atoms with E-state index in [4.69, 9.17) is 9.05 Å². The first-order valence-electron chi connectivity index (χ1n) is 18.3. The molecule has 0 spiro atoms. The third kappa shape index (κ3) is 24.8. The molecule has 0 saturated heterocycles. The molecule has 0 bridgehead atoms. The van der Waals surface area contributed by atoms with Crippen LogP contribution in [0.2, 0.25) is 0 Å². The molecule has 1 aliphatic rings. The molecule has 248 valence electrons. The Bertz CT molecular complexity index is 663. The molecule has 0 amide bonds. The van der Waals surface area contributed by atoms with Gasteiger partial charge >= 0.3 is 7.75 Å². The molecule has 0 aromatic carbocycles. The third-order valence-electron chi connectivity index (χ3n) is 8.42. The molecular weight excluding hydrogens is 539 g/mol. The Labute approximate surface area is 262 Å². The molecule has 0 atom stereocenters. The number of nitrogens with one attached hydrogen (secondary N) is 1. The van der Waals surface area contributed by atoms with Gasteiger partial charge in [0.2, 0.25) is 0 Å². The number of rotatable bonds is 32. The molecule has 0 fully saturated rings. The van der Waals surface area contributed by atoms with E-state index in [-0.39, 0.29) is 0 Å². The van der Waals surface area contributed by atoms with E-state index in [0.29, 0.717) is 19.8 Å². The van der Waals surface area contributed by atoms with Crippen LogP contribution in [0, 0.1) is 0 Å². The van der Waals surface area contributed by atoms with Crippen molar-refractivity contribution < 1.29 is 13.6 Å². The predicted molar refractivity (Wildman–Crippen MR) is 184 cm³/mol. The van der Waals surface area contributed by atoms with Gasteiger partial charge in [-0.15, -0.1) is 0 Å². The lowest BCUT2D eigenvalue weighted by Gasteiger charge is -2.21. The molecule has 0 radical (unpaired) electrons. The highest BCUT2D eigenvalue weighted by molar-refractivity contribution is 7.51. The van der Waals surface area contributed by atoms with Crippen LogP contribution in [0.4, 0.5) is 0 Å². The van der Waals surface area contributed by atoms with Gasteiger partial charge in [-0.25, -0.2) is 9.65 Å². The van der Waals surface area contributed by atoms with E-state index in [1.54, 1.807) is 0 Å². The maximum Gasteiger partial charge on any atom is 0.405 e. The molecule has 1 N–H and O–H groups in total. The Morgan fingerprint density at radius 1 is 0.643 bits per heavy atom. The smallest absolute Gasteiger partial charge is 0.377 e. The van der Waals surface area contributed by atoms with Gasteiger partial charge < -0.3 is 4.90 Å². The van der Waals surface area contributed by atoms with Crippen molar-refractivity contribution >= 4 is 7.75 Å². The zero-order valence-corrected chi connectivity index (χ0v) is 29.3. The second kappa shape index (κ2) is 29.1. The van der Waals surface area contributed by atoms with Crippen molar-refractivity contribution in [3.05, 3.63) is 23.9 Å². The maximum absolute atomic E-state index is 13.5. The van der Waals surface area contributed by atoms with E-state index in [1.807, 2.05) is 0 Å². The lowest BCUT2D eigenvalue weighted by Crippen LogP contribution is -2.19. The van der Waals surface area contributed by atoms with Gasteiger partial charge in [-0.2, -0.15) is 0 Å². The summed E-state index contributed by atoms with van der Waals surface area (Å²) in [6.45, 7) is 7.10. The van der Waals surface area contributed by atoms with Crippen molar-refractivity contribution in [1.29, 1.82) is 0 Å². The minimum Gasteiger partial charge on any atom is -0.377 e.